The summed E-state index contributed by atoms with van der Waals surface area (Å²) in [5.41, 5.74) is 3.50. The molecule has 0 saturated heterocycles. The number of benzene rings is 1. The number of pyridine rings is 1. The number of nitrogens with one attached hydrogen (secondary N) is 2. The number of fused-ring (bicyclic) bond motifs is 1. The van der Waals surface area contributed by atoms with Crippen molar-refractivity contribution in [1.82, 2.24) is 9.97 Å². The number of nitrogens with zero attached hydrogens (tertiary/aromatic N) is 1. The predicted octanol–water partition coefficient (Wildman–Crippen LogP) is 3.41. The van der Waals surface area contributed by atoms with Gasteiger partial charge in [-0.1, -0.05) is 0 Å². The van der Waals surface area contributed by atoms with Gasteiger partial charge in [0.15, 0.2) is 0 Å². The van der Waals surface area contributed by atoms with Crippen molar-refractivity contribution in [3.05, 3.63) is 48.5 Å². The molecule has 0 spiro atoms. The fourth-order valence-corrected chi connectivity index (χ4v) is 2.15. The molecule has 0 aliphatic heterocycles. The first-order valence-corrected chi connectivity index (χ1v) is 5.69. The van der Waals surface area contributed by atoms with Gasteiger partial charge in [0.2, 0.25) is 0 Å². The van der Waals surface area contributed by atoms with Gasteiger partial charge in [-0.05, 0) is 35.9 Å². The topological polar surface area (TPSA) is 40.7 Å². The lowest BCUT2D eigenvalue weighted by Crippen LogP contribution is -1.93. The van der Waals surface area contributed by atoms with E-state index in [0.29, 0.717) is 0 Å². The number of halogens is 1. The highest BCUT2D eigenvalue weighted by atomic mass is 19.1. The number of H-pyrrole nitrogens is 1. The van der Waals surface area contributed by atoms with Gasteiger partial charge >= 0.3 is 0 Å². The predicted molar refractivity (Wildman–Crippen MR) is 71.0 cm³/mol. The average molecular weight is 241 g/mol. The zero-order valence-electron chi connectivity index (χ0n) is 9.87. The smallest absolute Gasteiger partial charge is 0.137 e. The summed E-state index contributed by atoms with van der Waals surface area (Å²) in [6.07, 6.45) is 3.55. The Labute approximate surface area is 104 Å². The van der Waals surface area contributed by atoms with E-state index in [1.807, 2.05) is 25.4 Å². The Morgan fingerprint density at radius 2 is 2.06 bits per heavy atom. The Bertz CT molecular complexity index is 703. The molecule has 0 fully saturated rings. The maximum absolute atomic E-state index is 13.4. The molecule has 3 rings (SSSR count). The van der Waals surface area contributed by atoms with E-state index in [-0.39, 0.29) is 5.82 Å². The van der Waals surface area contributed by atoms with Gasteiger partial charge in [0, 0.05) is 36.1 Å². The maximum Gasteiger partial charge on any atom is 0.137 e. The van der Waals surface area contributed by atoms with Crippen LogP contribution in [0.2, 0.25) is 0 Å². The van der Waals surface area contributed by atoms with E-state index in [9.17, 15) is 4.39 Å². The lowest BCUT2D eigenvalue weighted by atomic mass is 10.0. The van der Waals surface area contributed by atoms with Crippen LogP contribution in [-0.4, -0.2) is 17.0 Å². The largest absolute Gasteiger partial charge is 0.388 e. The van der Waals surface area contributed by atoms with Gasteiger partial charge in [0.05, 0.1) is 0 Å². The lowest BCUT2D eigenvalue weighted by molar-refractivity contribution is 0.628. The van der Waals surface area contributed by atoms with Crippen molar-refractivity contribution in [2.24, 2.45) is 0 Å². The zero-order valence-corrected chi connectivity index (χ0v) is 9.87. The summed E-state index contributed by atoms with van der Waals surface area (Å²) in [6, 6.07) is 8.57. The zero-order chi connectivity index (χ0) is 12.5. The maximum atomic E-state index is 13.4. The summed E-state index contributed by atoms with van der Waals surface area (Å²) in [4.78, 5) is 7.29. The molecular formula is C14H12FN3. The molecule has 0 radical (unpaired) electrons. The summed E-state index contributed by atoms with van der Waals surface area (Å²) in [5, 5.41) is 4.07. The van der Waals surface area contributed by atoms with Crippen LogP contribution in [0.1, 0.15) is 0 Å². The molecule has 0 amide bonds. The minimum absolute atomic E-state index is 0.246. The number of anilines is 1. The third-order valence-corrected chi connectivity index (χ3v) is 3.00. The van der Waals surface area contributed by atoms with Gasteiger partial charge in [0.25, 0.3) is 0 Å². The minimum atomic E-state index is -0.246. The molecule has 18 heavy (non-hydrogen) atoms. The van der Waals surface area contributed by atoms with Crippen LogP contribution in [0.4, 0.5) is 10.1 Å². The van der Waals surface area contributed by atoms with Crippen molar-refractivity contribution in [3.8, 4) is 11.1 Å². The van der Waals surface area contributed by atoms with Crippen molar-refractivity contribution in [1.29, 1.82) is 0 Å². The quantitative estimate of drug-likeness (QED) is 0.721. The second-order valence-electron chi connectivity index (χ2n) is 4.04. The van der Waals surface area contributed by atoms with Gasteiger partial charge in [-0.15, -0.1) is 0 Å². The first kappa shape index (κ1) is 10.8. The molecule has 2 heterocycles. The van der Waals surface area contributed by atoms with Gasteiger partial charge < -0.3 is 10.3 Å². The molecule has 0 aliphatic rings. The third kappa shape index (κ3) is 1.62. The molecule has 2 N–H and O–H groups in total. The Hall–Kier alpha value is -2.36. The number of hydrogen-bond acceptors (Lipinski definition) is 2. The highest BCUT2D eigenvalue weighted by Gasteiger charge is 2.10. The number of aromatic nitrogens is 2. The number of aromatic amines is 1. The fraction of sp³-hybridized carbons (Fsp3) is 0.0714. The molecular weight excluding hydrogens is 229 g/mol. The van der Waals surface area contributed by atoms with Crippen molar-refractivity contribution in [2.45, 2.75) is 0 Å². The van der Waals surface area contributed by atoms with Crippen LogP contribution in [0.3, 0.4) is 0 Å². The van der Waals surface area contributed by atoms with E-state index in [2.05, 4.69) is 15.3 Å². The van der Waals surface area contributed by atoms with Crippen molar-refractivity contribution >= 4 is 16.7 Å². The van der Waals surface area contributed by atoms with E-state index in [1.54, 1.807) is 12.3 Å². The van der Waals surface area contributed by atoms with E-state index < -0.39 is 0 Å². The molecule has 1 aromatic carbocycles. The Balaban J connectivity index is 2.31. The minimum Gasteiger partial charge on any atom is -0.388 e. The van der Waals surface area contributed by atoms with Gasteiger partial charge in [0.1, 0.15) is 11.5 Å². The lowest BCUT2D eigenvalue weighted by Gasteiger charge is -2.10. The highest BCUT2D eigenvalue weighted by Crippen LogP contribution is 2.32. The van der Waals surface area contributed by atoms with Crippen LogP contribution >= 0.6 is 0 Å². The highest BCUT2D eigenvalue weighted by molar-refractivity contribution is 5.96. The molecule has 0 unspecified atom stereocenters. The van der Waals surface area contributed by atoms with Crippen LogP contribution in [0.25, 0.3) is 22.2 Å². The average Bonchev–Trinajstić information content (AvgIpc) is 2.86. The first-order valence-electron chi connectivity index (χ1n) is 5.69. The molecule has 2 aromatic heterocycles. The second kappa shape index (κ2) is 4.14. The van der Waals surface area contributed by atoms with E-state index in [1.165, 1.54) is 12.1 Å². The Morgan fingerprint density at radius 3 is 2.89 bits per heavy atom. The van der Waals surface area contributed by atoms with Gasteiger partial charge in [-0.3, -0.25) is 0 Å². The van der Waals surface area contributed by atoms with Crippen LogP contribution < -0.4 is 5.32 Å². The van der Waals surface area contributed by atoms with Crippen molar-refractivity contribution in [2.75, 3.05) is 12.4 Å². The van der Waals surface area contributed by atoms with Crippen LogP contribution in [0.15, 0.2) is 42.7 Å². The normalized spacial score (nSPS) is 10.8. The summed E-state index contributed by atoms with van der Waals surface area (Å²) in [6.45, 7) is 0. The number of rotatable bonds is 2. The summed E-state index contributed by atoms with van der Waals surface area (Å²) < 4.78 is 13.4. The van der Waals surface area contributed by atoms with E-state index in [4.69, 9.17) is 0 Å². The molecule has 0 saturated carbocycles. The van der Waals surface area contributed by atoms with Gasteiger partial charge in [-0.25, -0.2) is 9.37 Å². The molecule has 4 heteroatoms. The molecule has 90 valence electrons. The molecule has 3 nitrogen and oxygen atoms in total. The molecule has 0 bridgehead atoms. The third-order valence-electron chi connectivity index (χ3n) is 3.00. The van der Waals surface area contributed by atoms with Crippen molar-refractivity contribution < 1.29 is 4.39 Å². The van der Waals surface area contributed by atoms with Crippen LogP contribution in [-0.2, 0) is 0 Å². The summed E-state index contributed by atoms with van der Waals surface area (Å²) >= 11 is 0. The molecule has 0 atom stereocenters. The Kier molecular flexibility index (Phi) is 2.48. The summed E-state index contributed by atoms with van der Waals surface area (Å²) in [7, 11) is 1.83. The standard InChI is InChI=1S/C14H12FN3/c1-16-13-3-2-9(15)8-12(13)10-4-6-17-14-11(10)5-7-18-14/h2-8,16H,1H3,(H,17,18). The van der Waals surface area contributed by atoms with Crippen LogP contribution in [0.5, 0.6) is 0 Å². The van der Waals surface area contributed by atoms with Crippen molar-refractivity contribution in [3.63, 3.8) is 0 Å². The SMILES string of the molecule is CNc1ccc(F)cc1-c1ccnc2[nH]ccc12. The molecule has 0 aliphatic carbocycles. The first-order chi connectivity index (χ1) is 8.79. The molecule has 3 aromatic rings. The fourth-order valence-electron chi connectivity index (χ4n) is 2.15. The number of hydrogen-bond donors (Lipinski definition) is 2. The Morgan fingerprint density at radius 1 is 1.17 bits per heavy atom. The van der Waals surface area contributed by atoms with E-state index in [0.717, 1.165) is 27.8 Å². The van der Waals surface area contributed by atoms with Crippen LogP contribution in [0, 0.1) is 5.82 Å². The summed E-state index contributed by atoms with van der Waals surface area (Å²) in [5.74, 6) is -0.246. The van der Waals surface area contributed by atoms with Gasteiger partial charge in [-0.2, -0.15) is 0 Å². The monoisotopic (exact) mass is 241 g/mol. The van der Waals surface area contributed by atoms with E-state index >= 15 is 0 Å². The second-order valence-corrected chi connectivity index (χ2v) is 4.04.